The van der Waals surface area contributed by atoms with Crippen LogP contribution in [0.5, 0.6) is 5.75 Å². The molecule has 0 aromatic heterocycles. The molecule has 2 aromatic carbocycles. The molecule has 0 bridgehead atoms. The molecule has 0 spiro atoms. The number of carbonyl (C=O) groups excluding carboxylic acids is 1. The van der Waals surface area contributed by atoms with E-state index in [9.17, 15) is 30.8 Å². The van der Waals surface area contributed by atoms with Gasteiger partial charge in [-0.05, 0) is 61.9 Å². The molecule has 0 unspecified atom stereocenters. The van der Waals surface area contributed by atoms with Crippen LogP contribution in [0.4, 0.5) is 17.6 Å². The van der Waals surface area contributed by atoms with Gasteiger partial charge in [0.2, 0.25) is 0 Å². The van der Waals surface area contributed by atoms with E-state index in [-0.39, 0.29) is 41.5 Å². The fraction of sp³-hybridized carbons (Fsp3) is 0.409. The molecule has 0 aliphatic heterocycles. The minimum atomic E-state index is -4.62. The smallest absolute Gasteiger partial charge is 0.416 e. The Bertz CT molecular complexity index is 1080. The number of hydrogen-bond donors (Lipinski definition) is 1. The molecule has 1 N–H and O–H groups in total. The van der Waals surface area contributed by atoms with Crippen LogP contribution in [-0.2, 0) is 16.0 Å². The highest BCUT2D eigenvalue weighted by Crippen LogP contribution is 2.35. The lowest BCUT2D eigenvalue weighted by atomic mass is 9.89. The minimum absolute atomic E-state index is 0.0161. The number of hydrogen-bond acceptors (Lipinski definition) is 4. The monoisotopic (exact) mass is 473 g/mol. The minimum Gasteiger partial charge on any atom is -0.497 e. The van der Waals surface area contributed by atoms with Crippen molar-refractivity contribution >= 4 is 15.7 Å². The number of carbonyl (C=O) groups is 1. The summed E-state index contributed by atoms with van der Waals surface area (Å²) in [5, 5.41) is 1.95. The van der Waals surface area contributed by atoms with Crippen molar-refractivity contribution in [1.29, 1.82) is 0 Å². The van der Waals surface area contributed by atoms with Gasteiger partial charge in [0.1, 0.15) is 11.6 Å². The van der Waals surface area contributed by atoms with Gasteiger partial charge in [-0.3, -0.25) is 4.79 Å². The molecule has 174 valence electrons. The van der Waals surface area contributed by atoms with E-state index in [4.69, 9.17) is 4.74 Å². The Labute approximate surface area is 183 Å². The van der Waals surface area contributed by atoms with Crippen LogP contribution in [0.3, 0.4) is 0 Å². The molecule has 2 aromatic rings. The molecule has 1 amide bonds. The fourth-order valence-electron chi connectivity index (χ4n) is 3.84. The normalized spacial score (nSPS) is 19.4. The van der Waals surface area contributed by atoms with Gasteiger partial charge in [-0.25, -0.2) is 12.8 Å². The first kappa shape index (κ1) is 24.0. The van der Waals surface area contributed by atoms with Crippen molar-refractivity contribution in [2.75, 3.05) is 13.7 Å². The lowest BCUT2D eigenvalue weighted by molar-refractivity contribution is -0.137. The summed E-state index contributed by atoms with van der Waals surface area (Å²) in [5.74, 6) is -0.839. The van der Waals surface area contributed by atoms with Crippen LogP contribution < -0.4 is 10.1 Å². The van der Waals surface area contributed by atoms with Gasteiger partial charge in [0, 0.05) is 18.2 Å². The lowest BCUT2D eigenvalue weighted by Gasteiger charge is -2.28. The number of ether oxygens (including phenoxy) is 1. The van der Waals surface area contributed by atoms with Gasteiger partial charge in [0.15, 0.2) is 9.84 Å². The third-order valence-corrected chi connectivity index (χ3v) is 7.90. The molecule has 32 heavy (non-hydrogen) atoms. The molecule has 1 aliphatic rings. The van der Waals surface area contributed by atoms with Gasteiger partial charge >= 0.3 is 6.18 Å². The largest absolute Gasteiger partial charge is 0.497 e. The summed E-state index contributed by atoms with van der Waals surface area (Å²) in [6.45, 7) is 0.286. The van der Waals surface area contributed by atoms with Crippen LogP contribution in [0.2, 0.25) is 0 Å². The second-order valence-corrected chi connectivity index (χ2v) is 10.0. The van der Waals surface area contributed by atoms with Gasteiger partial charge in [0.25, 0.3) is 5.91 Å². The Morgan fingerprint density at radius 3 is 2.41 bits per heavy atom. The predicted molar refractivity (Wildman–Crippen MR) is 110 cm³/mol. The topological polar surface area (TPSA) is 72.5 Å². The average Bonchev–Trinajstić information content (AvgIpc) is 2.76. The van der Waals surface area contributed by atoms with Gasteiger partial charge in [-0.2, -0.15) is 13.2 Å². The first-order chi connectivity index (χ1) is 15.0. The third-order valence-electron chi connectivity index (χ3n) is 5.64. The molecule has 3 rings (SSSR count). The number of sulfone groups is 1. The fourth-order valence-corrected chi connectivity index (χ4v) is 5.68. The Balaban J connectivity index is 1.58. The van der Waals surface area contributed by atoms with Crippen molar-refractivity contribution < 1.29 is 35.5 Å². The lowest BCUT2D eigenvalue weighted by Crippen LogP contribution is -2.34. The standard InChI is InChI=1S/C22H23F4NO4S/c1-31-18-10-15(9-17(23)12-18)21(28)27-13-14-5-7-19(8-6-14)32(29,30)20-4-2-3-16(11-20)22(24,25)26/h2-4,9-12,14,19H,5-8,13H2,1H3,(H,27,28)/t14-,19+. The van der Waals surface area contributed by atoms with Crippen molar-refractivity contribution in [3.05, 3.63) is 59.4 Å². The molecule has 0 radical (unpaired) electrons. The van der Waals surface area contributed by atoms with Crippen molar-refractivity contribution in [3.63, 3.8) is 0 Å². The van der Waals surface area contributed by atoms with Crippen LogP contribution in [0.25, 0.3) is 0 Å². The van der Waals surface area contributed by atoms with E-state index >= 15 is 0 Å². The Hall–Kier alpha value is -2.62. The maximum Gasteiger partial charge on any atom is 0.416 e. The first-order valence-corrected chi connectivity index (χ1v) is 11.6. The van der Waals surface area contributed by atoms with E-state index in [1.807, 2.05) is 0 Å². The second-order valence-electron chi connectivity index (χ2n) is 7.80. The number of halogens is 4. The molecule has 1 fully saturated rings. The van der Waals surface area contributed by atoms with E-state index < -0.39 is 38.6 Å². The van der Waals surface area contributed by atoms with E-state index in [1.165, 1.54) is 19.2 Å². The maximum atomic E-state index is 13.6. The Kier molecular flexibility index (Phi) is 7.12. The van der Waals surface area contributed by atoms with Crippen LogP contribution in [0.1, 0.15) is 41.6 Å². The molecule has 5 nitrogen and oxygen atoms in total. The van der Waals surface area contributed by atoms with Crippen molar-refractivity contribution in [3.8, 4) is 5.75 Å². The van der Waals surface area contributed by atoms with Crippen LogP contribution >= 0.6 is 0 Å². The molecule has 0 saturated heterocycles. The van der Waals surface area contributed by atoms with Crippen molar-refractivity contribution in [2.24, 2.45) is 5.92 Å². The highest BCUT2D eigenvalue weighted by atomic mass is 32.2. The van der Waals surface area contributed by atoms with E-state index in [0.29, 0.717) is 18.9 Å². The van der Waals surface area contributed by atoms with Gasteiger partial charge in [-0.1, -0.05) is 6.07 Å². The average molecular weight is 473 g/mol. The van der Waals surface area contributed by atoms with Gasteiger partial charge < -0.3 is 10.1 Å². The third kappa shape index (κ3) is 5.59. The van der Waals surface area contributed by atoms with Crippen LogP contribution in [0.15, 0.2) is 47.4 Å². The number of amides is 1. The summed E-state index contributed by atoms with van der Waals surface area (Å²) < 4.78 is 83.0. The molecule has 0 heterocycles. The zero-order valence-corrected chi connectivity index (χ0v) is 18.1. The summed E-state index contributed by atoms with van der Waals surface area (Å²) in [5.41, 5.74) is -0.883. The van der Waals surface area contributed by atoms with Crippen molar-refractivity contribution in [2.45, 2.75) is 42.0 Å². The summed E-state index contributed by atoms with van der Waals surface area (Å²) in [6.07, 6.45) is -3.06. The van der Waals surface area contributed by atoms with E-state index in [0.717, 1.165) is 24.3 Å². The summed E-state index contributed by atoms with van der Waals surface area (Å²) in [6, 6.07) is 7.46. The molecular formula is C22H23F4NO4S. The number of benzene rings is 2. The molecule has 1 aliphatic carbocycles. The zero-order chi connectivity index (χ0) is 23.5. The van der Waals surface area contributed by atoms with E-state index in [2.05, 4.69) is 5.32 Å². The number of methoxy groups -OCH3 is 1. The number of alkyl halides is 3. The number of rotatable bonds is 6. The van der Waals surface area contributed by atoms with Gasteiger partial charge in [0.05, 0.1) is 22.8 Å². The summed E-state index contributed by atoms with van der Waals surface area (Å²) in [7, 11) is -2.53. The highest BCUT2D eigenvalue weighted by Gasteiger charge is 2.35. The summed E-state index contributed by atoms with van der Waals surface area (Å²) in [4.78, 5) is 12.0. The Morgan fingerprint density at radius 1 is 1.09 bits per heavy atom. The van der Waals surface area contributed by atoms with Crippen molar-refractivity contribution in [1.82, 2.24) is 5.32 Å². The SMILES string of the molecule is COc1cc(F)cc(C(=O)NC[C@H]2CC[C@@H](S(=O)(=O)c3cccc(C(F)(F)F)c3)CC2)c1. The predicted octanol–water partition coefficient (Wildman–Crippen LogP) is 4.62. The first-order valence-electron chi connectivity index (χ1n) is 10.0. The Morgan fingerprint density at radius 2 is 1.78 bits per heavy atom. The number of nitrogens with one attached hydrogen (secondary N) is 1. The molecule has 10 heteroatoms. The van der Waals surface area contributed by atoms with Gasteiger partial charge in [-0.15, -0.1) is 0 Å². The van der Waals surface area contributed by atoms with E-state index in [1.54, 1.807) is 0 Å². The molecular weight excluding hydrogens is 450 g/mol. The zero-order valence-electron chi connectivity index (χ0n) is 17.3. The quantitative estimate of drug-likeness (QED) is 0.622. The van der Waals surface area contributed by atoms with Crippen LogP contribution in [0, 0.1) is 11.7 Å². The second kappa shape index (κ2) is 9.48. The molecule has 0 atom stereocenters. The maximum absolute atomic E-state index is 13.6. The summed E-state index contributed by atoms with van der Waals surface area (Å²) >= 11 is 0. The highest BCUT2D eigenvalue weighted by molar-refractivity contribution is 7.92. The molecule has 1 saturated carbocycles. The van der Waals surface area contributed by atoms with Crippen LogP contribution in [-0.4, -0.2) is 33.2 Å².